The Morgan fingerprint density at radius 3 is 2.81 bits per heavy atom. The largest absolute Gasteiger partial charge is 0.342 e. The second-order valence-corrected chi connectivity index (χ2v) is 8.41. The van der Waals surface area contributed by atoms with E-state index in [1.165, 1.54) is 0 Å². The van der Waals surface area contributed by atoms with E-state index in [0.29, 0.717) is 18.8 Å². The monoisotopic (exact) mass is 381 g/mol. The summed E-state index contributed by atoms with van der Waals surface area (Å²) in [6, 6.07) is 9.94. The van der Waals surface area contributed by atoms with Gasteiger partial charge in [0.25, 0.3) is 0 Å². The Kier molecular flexibility index (Phi) is 5.03. The molecule has 0 bridgehead atoms. The van der Waals surface area contributed by atoms with Gasteiger partial charge in [-0.3, -0.25) is 9.89 Å². The van der Waals surface area contributed by atoms with Gasteiger partial charge in [0.05, 0.1) is 17.1 Å². The van der Waals surface area contributed by atoms with Crippen molar-refractivity contribution in [3.8, 4) is 11.4 Å². The van der Waals surface area contributed by atoms with Gasteiger partial charge in [-0.1, -0.05) is 30.3 Å². The quantitative estimate of drug-likeness (QED) is 0.751. The number of aromatic nitrogens is 4. The van der Waals surface area contributed by atoms with Crippen molar-refractivity contribution in [1.82, 2.24) is 25.1 Å². The van der Waals surface area contributed by atoms with Crippen LogP contribution in [-0.4, -0.2) is 44.1 Å². The molecular weight excluding hydrogens is 358 g/mol. The fourth-order valence-electron chi connectivity index (χ4n) is 3.59. The molecule has 3 aromatic rings. The van der Waals surface area contributed by atoms with Crippen molar-refractivity contribution in [2.75, 3.05) is 13.1 Å². The highest BCUT2D eigenvalue weighted by Crippen LogP contribution is 2.27. The lowest BCUT2D eigenvalue weighted by Gasteiger charge is -2.31. The van der Waals surface area contributed by atoms with Gasteiger partial charge in [-0.2, -0.15) is 5.10 Å². The molecule has 0 saturated carbocycles. The standard InChI is InChI=1S/C20H23N5OS/c1-13-17(21-14(2)27-13)11-18(26)25-10-6-9-16(12-25)20-22-19(23-24-20)15-7-4-3-5-8-15/h3-5,7-8,16H,6,9-12H2,1-2H3,(H,22,23,24). The smallest absolute Gasteiger partial charge is 0.228 e. The van der Waals surface area contributed by atoms with Crippen LogP contribution in [0.25, 0.3) is 11.4 Å². The molecule has 0 spiro atoms. The molecule has 140 valence electrons. The first-order valence-corrected chi connectivity index (χ1v) is 10.1. The van der Waals surface area contributed by atoms with E-state index in [9.17, 15) is 4.79 Å². The van der Waals surface area contributed by atoms with Crippen molar-refractivity contribution in [2.24, 2.45) is 0 Å². The highest BCUT2D eigenvalue weighted by molar-refractivity contribution is 7.11. The fraction of sp³-hybridized carbons (Fsp3) is 0.400. The third-order valence-electron chi connectivity index (χ3n) is 5.01. The van der Waals surface area contributed by atoms with Gasteiger partial charge in [0.15, 0.2) is 5.82 Å². The summed E-state index contributed by atoms with van der Waals surface area (Å²) in [5.74, 6) is 1.93. The second-order valence-electron chi connectivity index (χ2n) is 7.00. The van der Waals surface area contributed by atoms with Gasteiger partial charge in [0.1, 0.15) is 5.82 Å². The lowest BCUT2D eigenvalue weighted by atomic mass is 9.97. The minimum absolute atomic E-state index is 0.149. The maximum Gasteiger partial charge on any atom is 0.228 e. The van der Waals surface area contributed by atoms with Crippen molar-refractivity contribution in [2.45, 2.75) is 39.0 Å². The molecule has 1 saturated heterocycles. The van der Waals surface area contributed by atoms with Gasteiger partial charge in [0, 0.05) is 29.4 Å². The lowest BCUT2D eigenvalue weighted by Crippen LogP contribution is -2.40. The number of piperidine rings is 1. The van der Waals surface area contributed by atoms with E-state index in [4.69, 9.17) is 0 Å². The van der Waals surface area contributed by atoms with Crippen LogP contribution in [0.15, 0.2) is 30.3 Å². The van der Waals surface area contributed by atoms with Crippen LogP contribution in [0.2, 0.25) is 0 Å². The lowest BCUT2D eigenvalue weighted by molar-refractivity contribution is -0.131. The number of thiazole rings is 1. The summed E-state index contributed by atoms with van der Waals surface area (Å²) in [7, 11) is 0. The van der Waals surface area contributed by atoms with Gasteiger partial charge < -0.3 is 4.90 Å². The number of H-pyrrole nitrogens is 1. The number of aryl methyl sites for hydroxylation is 2. The molecule has 6 nitrogen and oxygen atoms in total. The SMILES string of the molecule is Cc1nc(CC(=O)N2CCCC(c3nc(-c4ccccc4)n[nH]3)C2)c(C)s1. The number of aromatic amines is 1. The van der Waals surface area contributed by atoms with Gasteiger partial charge in [-0.15, -0.1) is 11.3 Å². The zero-order valence-corrected chi connectivity index (χ0v) is 16.4. The van der Waals surface area contributed by atoms with E-state index >= 15 is 0 Å². The minimum Gasteiger partial charge on any atom is -0.342 e. The number of rotatable bonds is 4. The van der Waals surface area contributed by atoms with Crippen LogP contribution in [0.5, 0.6) is 0 Å². The molecular formula is C20H23N5OS. The molecule has 27 heavy (non-hydrogen) atoms. The number of nitrogens with zero attached hydrogens (tertiary/aromatic N) is 4. The summed E-state index contributed by atoms with van der Waals surface area (Å²) < 4.78 is 0. The Morgan fingerprint density at radius 1 is 1.26 bits per heavy atom. The fourth-order valence-corrected chi connectivity index (χ4v) is 4.43. The molecule has 0 aliphatic carbocycles. The van der Waals surface area contributed by atoms with Crippen molar-refractivity contribution >= 4 is 17.2 Å². The average molecular weight is 382 g/mol. The number of carbonyl (C=O) groups excluding carboxylic acids is 1. The maximum absolute atomic E-state index is 12.8. The van der Waals surface area contributed by atoms with Crippen LogP contribution < -0.4 is 0 Å². The second kappa shape index (κ2) is 7.60. The topological polar surface area (TPSA) is 74.8 Å². The molecule has 3 heterocycles. The van der Waals surface area contributed by atoms with Crippen LogP contribution in [0.4, 0.5) is 0 Å². The van der Waals surface area contributed by atoms with Gasteiger partial charge >= 0.3 is 0 Å². The number of nitrogens with one attached hydrogen (secondary N) is 1. The van der Waals surface area contributed by atoms with Crippen molar-refractivity contribution in [3.63, 3.8) is 0 Å². The zero-order chi connectivity index (χ0) is 18.8. The molecule has 1 unspecified atom stereocenters. The van der Waals surface area contributed by atoms with E-state index < -0.39 is 0 Å². The maximum atomic E-state index is 12.8. The Bertz CT molecular complexity index is 933. The Labute approximate surface area is 162 Å². The van der Waals surface area contributed by atoms with Crippen LogP contribution >= 0.6 is 11.3 Å². The third-order valence-corrected chi connectivity index (χ3v) is 5.94. The van der Waals surface area contributed by atoms with E-state index in [1.54, 1.807) is 11.3 Å². The highest BCUT2D eigenvalue weighted by atomic mass is 32.1. The molecule has 1 aliphatic heterocycles. The molecule has 1 aliphatic rings. The zero-order valence-electron chi connectivity index (χ0n) is 15.6. The third kappa shape index (κ3) is 3.93. The molecule has 1 fully saturated rings. The molecule has 7 heteroatoms. The Balaban J connectivity index is 1.44. The number of amides is 1. The molecule has 2 aromatic heterocycles. The van der Waals surface area contributed by atoms with Crippen molar-refractivity contribution < 1.29 is 4.79 Å². The average Bonchev–Trinajstić information content (AvgIpc) is 3.29. The van der Waals surface area contributed by atoms with Crippen LogP contribution in [0.1, 0.15) is 40.2 Å². The van der Waals surface area contributed by atoms with E-state index in [0.717, 1.165) is 46.4 Å². The molecule has 1 amide bonds. The summed E-state index contributed by atoms with van der Waals surface area (Å²) >= 11 is 1.65. The van der Waals surface area contributed by atoms with E-state index in [2.05, 4.69) is 20.2 Å². The summed E-state index contributed by atoms with van der Waals surface area (Å²) in [6.07, 6.45) is 2.38. The Morgan fingerprint density at radius 2 is 2.07 bits per heavy atom. The summed E-state index contributed by atoms with van der Waals surface area (Å²) in [5.41, 5.74) is 1.91. The minimum atomic E-state index is 0.149. The van der Waals surface area contributed by atoms with Crippen LogP contribution in [0.3, 0.4) is 0 Å². The van der Waals surface area contributed by atoms with Crippen LogP contribution in [-0.2, 0) is 11.2 Å². The van der Waals surface area contributed by atoms with Crippen molar-refractivity contribution in [1.29, 1.82) is 0 Å². The molecule has 0 radical (unpaired) electrons. The predicted octanol–water partition coefficient (Wildman–Crippen LogP) is 3.49. The van der Waals surface area contributed by atoms with Gasteiger partial charge in [-0.05, 0) is 26.7 Å². The Hall–Kier alpha value is -2.54. The van der Waals surface area contributed by atoms with Gasteiger partial charge in [-0.25, -0.2) is 9.97 Å². The van der Waals surface area contributed by atoms with Crippen LogP contribution in [0, 0.1) is 13.8 Å². The first-order chi connectivity index (χ1) is 13.1. The molecule has 4 rings (SSSR count). The first kappa shape index (κ1) is 17.9. The van der Waals surface area contributed by atoms with E-state index in [-0.39, 0.29) is 11.8 Å². The first-order valence-electron chi connectivity index (χ1n) is 9.28. The molecule has 1 aromatic carbocycles. The predicted molar refractivity (Wildman–Crippen MR) is 106 cm³/mol. The summed E-state index contributed by atoms with van der Waals surface area (Å²) in [6.45, 7) is 5.50. The molecule has 1 N–H and O–H groups in total. The number of hydrogen-bond donors (Lipinski definition) is 1. The van der Waals surface area contributed by atoms with Crippen molar-refractivity contribution in [3.05, 3.63) is 51.7 Å². The molecule has 1 atom stereocenters. The number of benzene rings is 1. The normalized spacial score (nSPS) is 17.3. The summed E-state index contributed by atoms with van der Waals surface area (Å²) in [4.78, 5) is 25.1. The number of hydrogen-bond acceptors (Lipinski definition) is 5. The number of likely N-dealkylation sites (tertiary alicyclic amines) is 1. The van der Waals surface area contributed by atoms with E-state index in [1.807, 2.05) is 49.1 Å². The number of carbonyl (C=O) groups is 1. The summed E-state index contributed by atoms with van der Waals surface area (Å²) in [5, 5.41) is 8.47. The van der Waals surface area contributed by atoms with Gasteiger partial charge in [0.2, 0.25) is 5.91 Å². The highest BCUT2D eigenvalue weighted by Gasteiger charge is 2.27.